The minimum absolute atomic E-state index is 0.00688. The number of anilines is 1. The first-order chi connectivity index (χ1) is 12.5. The van der Waals surface area contributed by atoms with E-state index in [4.69, 9.17) is 9.47 Å². The van der Waals surface area contributed by atoms with Crippen LogP contribution in [0.2, 0.25) is 0 Å². The zero-order valence-electron chi connectivity index (χ0n) is 14.9. The van der Waals surface area contributed by atoms with Crippen LogP contribution in [-0.2, 0) is 9.53 Å². The number of nitrogens with one attached hydrogen (secondary N) is 1. The zero-order chi connectivity index (χ0) is 18.5. The molecule has 1 heterocycles. The van der Waals surface area contributed by atoms with Crippen molar-refractivity contribution in [3.8, 4) is 5.75 Å². The fraction of sp³-hybridized carbons (Fsp3) is 0.300. The molecule has 0 aromatic heterocycles. The van der Waals surface area contributed by atoms with Gasteiger partial charge in [0.1, 0.15) is 12.4 Å². The second-order valence-electron chi connectivity index (χ2n) is 6.37. The van der Waals surface area contributed by atoms with E-state index in [2.05, 4.69) is 11.4 Å². The van der Waals surface area contributed by atoms with Gasteiger partial charge in [0.05, 0.1) is 12.6 Å². The summed E-state index contributed by atoms with van der Waals surface area (Å²) in [5.41, 5.74) is 3.05. The number of ether oxygens (including phenoxy) is 2. The van der Waals surface area contributed by atoms with Crippen LogP contribution in [0.3, 0.4) is 0 Å². The standard InChI is InChI=1S/C20H22N2O4/c1-14-8-15(2)10-16(9-14)22-12-18(25-13-19(22)23)11-21-20(24)26-17-6-4-3-5-7-17/h3-10,18H,11-13H2,1-2H3,(H,21,24). The predicted octanol–water partition coefficient (Wildman–Crippen LogP) is 2.82. The molecule has 1 fully saturated rings. The first-order valence-electron chi connectivity index (χ1n) is 8.52. The molecule has 6 nitrogen and oxygen atoms in total. The van der Waals surface area contributed by atoms with E-state index in [0.717, 1.165) is 16.8 Å². The highest BCUT2D eigenvalue weighted by Gasteiger charge is 2.28. The fourth-order valence-corrected chi connectivity index (χ4v) is 2.93. The lowest BCUT2D eigenvalue weighted by Gasteiger charge is -2.33. The number of benzene rings is 2. The Bertz CT molecular complexity index is 771. The van der Waals surface area contributed by atoms with Crippen molar-refractivity contribution in [2.75, 3.05) is 24.6 Å². The van der Waals surface area contributed by atoms with Crippen LogP contribution in [0.5, 0.6) is 5.75 Å². The molecule has 6 heteroatoms. The molecule has 26 heavy (non-hydrogen) atoms. The van der Waals surface area contributed by atoms with Crippen molar-refractivity contribution < 1.29 is 19.1 Å². The quantitative estimate of drug-likeness (QED) is 0.917. The molecule has 2 aromatic rings. The summed E-state index contributed by atoms with van der Waals surface area (Å²) < 4.78 is 10.7. The molecule has 1 atom stereocenters. The molecule has 0 radical (unpaired) electrons. The Balaban J connectivity index is 1.58. The first-order valence-corrected chi connectivity index (χ1v) is 8.52. The average Bonchev–Trinajstić information content (AvgIpc) is 2.61. The second-order valence-corrected chi connectivity index (χ2v) is 6.37. The molecule has 136 valence electrons. The number of nitrogens with zero attached hydrogens (tertiary/aromatic N) is 1. The zero-order valence-corrected chi connectivity index (χ0v) is 14.9. The Morgan fingerprint density at radius 2 is 1.88 bits per heavy atom. The molecular weight excluding hydrogens is 332 g/mol. The third kappa shape index (κ3) is 4.61. The third-order valence-corrected chi connectivity index (χ3v) is 4.08. The highest BCUT2D eigenvalue weighted by atomic mass is 16.6. The monoisotopic (exact) mass is 354 g/mol. The molecule has 1 saturated heterocycles. The van der Waals surface area contributed by atoms with Crippen LogP contribution in [0, 0.1) is 13.8 Å². The van der Waals surface area contributed by atoms with E-state index in [1.165, 1.54) is 0 Å². The first kappa shape index (κ1) is 17.9. The summed E-state index contributed by atoms with van der Waals surface area (Å²) in [6, 6.07) is 14.9. The maximum Gasteiger partial charge on any atom is 0.412 e. The van der Waals surface area contributed by atoms with Gasteiger partial charge in [-0.2, -0.15) is 0 Å². The van der Waals surface area contributed by atoms with Gasteiger partial charge in [-0.1, -0.05) is 24.3 Å². The van der Waals surface area contributed by atoms with Crippen LogP contribution < -0.4 is 15.0 Å². The van der Waals surface area contributed by atoms with Crippen LogP contribution in [-0.4, -0.2) is 37.8 Å². The molecule has 1 N–H and O–H groups in total. The molecule has 1 unspecified atom stereocenters. The van der Waals surface area contributed by atoms with Gasteiger partial charge in [-0.3, -0.25) is 4.79 Å². The number of para-hydroxylation sites is 1. The van der Waals surface area contributed by atoms with Gasteiger partial charge in [-0.25, -0.2) is 4.79 Å². The third-order valence-electron chi connectivity index (χ3n) is 4.08. The minimum Gasteiger partial charge on any atom is -0.410 e. The lowest BCUT2D eigenvalue weighted by atomic mass is 10.1. The lowest BCUT2D eigenvalue weighted by molar-refractivity contribution is -0.129. The summed E-state index contributed by atoms with van der Waals surface area (Å²) in [6.07, 6.45) is -0.841. The van der Waals surface area contributed by atoms with Gasteiger partial charge in [-0.15, -0.1) is 0 Å². The minimum atomic E-state index is -0.547. The number of carbonyl (C=O) groups is 2. The summed E-state index contributed by atoms with van der Waals surface area (Å²) in [7, 11) is 0. The van der Waals surface area contributed by atoms with Crippen LogP contribution >= 0.6 is 0 Å². The molecule has 0 aliphatic carbocycles. The maximum atomic E-state index is 12.2. The molecule has 1 aliphatic rings. The molecule has 2 aromatic carbocycles. The summed E-state index contributed by atoms with van der Waals surface area (Å²) in [4.78, 5) is 25.8. The normalized spacial score (nSPS) is 17.1. The Hall–Kier alpha value is -2.86. The molecule has 0 saturated carbocycles. The molecule has 3 rings (SSSR count). The van der Waals surface area contributed by atoms with Crippen LogP contribution in [0.1, 0.15) is 11.1 Å². The van der Waals surface area contributed by atoms with Crippen molar-refractivity contribution in [2.45, 2.75) is 20.0 Å². The second kappa shape index (κ2) is 8.01. The molecule has 2 amide bonds. The Labute approximate surface area is 152 Å². The van der Waals surface area contributed by atoms with Crippen LogP contribution in [0.15, 0.2) is 48.5 Å². The van der Waals surface area contributed by atoms with Gasteiger partial charge in [0.15, 0.2) is 0 Å². The van der Waals surface area contributed by atoms with E-state index >= 15 is 0 Å². The van der Waals surface area contributed by atoms with E-state index in [0.29, 0.717) is 12.3 Å². The number of amides is 2. The SMILES string of the molecule is Cc1cc(C)cc(N2CC(CNC(=O)Oc3ccccc3)OCC2=O)c1. The topological polar surface area (TPSA) is 67.9 Å². The highest BCUT2D eigenvalue weighted by molar-refractivity contribution is 5.95. The van der Waals surface area contributed by atoms with Gasteiger partial charge in [-0.05, 0) is 49.2 Å². The molecule has 0 spiro atoms. The highest BCUT2D eigenvalue weighted by Crippen LogP contribution is 2.22. The van der Waals surface area contributed by atoms with Crippen molar-refractivity contribution in [1.29, 1.82) is 0 Å². The summed E-state index contributed by atoms with van der Waals surface area (Å²) >= 11 is 0. The lowest BCUT2D eigenvalue weighted by Crippen LogP contribution is -2.51. The van der Waals surface area contributed by atoms with Crippen LogP contribution in [0.25, 0.3) is 0 Å². The van der Waals surface area contributed by atoms with Gasteiger partial charge in [0.2, 0.25) is 0 Å². The van der Waals surface area contributed by atoms with Gasteiger partial charge in [0, 0.05) is 12.2 Å². The number of carbonyl (C=O) groups excluding carboxylic acids is 2. The van der Waals surface area contributed by atoms with Crippen LogP contribution in [0.4, 0.5) is 10.5 Å². The van der Waals surface area contributed by atoms with Crippen molar-refractivity contribution in [3.63, 3.8) is 0 Å². The average molecular weight is 354 g/mol. The van der Waals surface area contributed by atoms with E-state index in [1.807, 2.05) is 32.0 Å². The van der Waals surface area contributed by atoms with Crippen molar-refractivity contribution in [1.82, 2.24) is 5.32 Å². The molecule has 0 bridgehead atoms. The number of aryl methyl sites for hydroxylation is 2. The van der Waals surface area contributed by atoms with E-state index in [9.17, 15) is 9.59 Å². The molecular formula is C20H22N2O4. The van der Waals surface area contributed by atoms with E-state index < -0.39 is 6.09 Å². The van der Waals surface area contributed by atoms with E-state index in [-0.39, 0.29) is 25.2 Å². The molecule has 1 aliphatic heterocycles. The van der Waals surface area contributed by atoms with Gasteiger partial charge < -0.3 is 19.7 Å². The van der Waals surface area contributed by atoms with Crippen molar-refractivity contribution in [2.24, 2.45) is 0 Å². The van der Waals surface area contributed by atoms with Crippen molar-refractivity contribution in [3.05, 3.63) is 59.7 Å². The summed E-state index contributed by atoms with van der Waals surface area (Å²) in [5.74, 6) is 0.389. The Morgan fingerprint density at radius 3 is 2.58 bits per heavy atom. The number of rotatable bonds is 4. The predicted molar refractivity (Wildman–Crippen MR) is 98.5 cm³/mol. The van der Waals surface area contributed by atoms with E-state index in [1.54, 1.807) is 29.2 Å². The Morgan fingerprint density at radius 1 is 1.19 bits per heavy atom. The smallest absolute Gasteiger partial charge is 0.410 e. The van der Waals surface area contributed by atoms with Gasteiger partial charge in [0.25, 0.3) is 5.91 Å². The number of morpholine rings is 1. The van der Waals surface area contributed by atoms with Gasteiger partial charge >= 0.3 is 6.09 Å². The van der Waals surface area contributed by atoms with Crippen molar-refractivity contribution >= 4 is 17.7 Å². The Kier molecular flexibility index (Phi) is 5.53. The maximum absolute atomic E-state index is 12.2. The summed E-state index contributed by atoms with van der Waals surface area (Å²) in [6.45, 7) is 4.64. The summed E-state index contributed by atoms with van der Waals surface area (Å²) in [5, 5.41) is 2.69. The largest absolute Gasteiger partial charge is 0.412 e. The fourth-order valence-electron chi connectivity index (χ4n) is 2.93. The number of hydrogen-bond donors (Lipinski definition) is 1. The number of hydrogen-bond acceptors (Lipinski definition) is 4.